The Balaban J connectivity index is 1.54. The number of ether oxygens (including phenoxy) is 1. The summed E-state index contributed by atoms with van der Waals surface area (Å²) >= 11 is 0. The molecule has 7 heteroatoms. The van der Waals surface area contributed by atoms with E-state index in [1.54, 1.807) is 12.1 Å². The Morgan fingerprint density at radius 1 is 1.09 bits per heavy atom. The molecule has 4 aromatic rings. The van der Waals surface area contributed by atoms with E-state index in [4.69, 9.17) is 9.72 Å². The van der Waals surface area contributed by atoms with E-state index in [0.29, 0.717) is 16.8 Å². The molecule has 7 nitrogen and oxygen atoms in total. The van der Waals surface area contributed by atoms with Gasteiger partial charge >= 0.3 is 0 Å². The van der Waals surface area contributed by atoms with Crippen molar-refractivity contribution in [3.63, 3.8) is 0 Å². The zero-order valence-electron chi connectivity index (χ0n) is 19.2. The van der Waals surface area contributed by atoms with Gasteiger partial charge in [-0.1, -0.05) is 54.6 Å². The van der Waals surface area contributed by atoms with E-state index in [0.717, 1.165) is 35.3 Å². The lowest BCUT2D eigenvalue weighted by Gasteiger charge is -2.15. The second kappa shape index (κ2) is 9.11. The van der Waals surface area contributed by atoms with E-state index in [2.05, 4.69) is 22.8 Å². The van der Waals surface area contributed by atoms with Crippen molar-refractivity contribution in [2.24, 2.45) is 7.05 Å². The number of methoxy groups -OCH3 is 1. The zero-order valence-corrected chi connectivity index (χ0v) is 19.2. The molecule has 1 atom stereocenters. The van der Waals surface area contributed by atoms with E-state index < -0.39 is 0 Å². The Hall–Kier alpha value is -3.97. The van der Waals surface area contributed by atoms with Crippen LogP contribution in [0.3, 0.4) is 0 Å². The molecule has 0 saturated carbocycles. The fourth-order valence-corrected chi connectivity index (χ4v) is 4.69. The molecule has 0 spiro atoms. The van der Waals surface area contributed by atoms with Crippen molar-refractivity contribution in [2.75, 3.05) is 19.0 Å². The second-order valence-corrected chi connectivity index (χ2v) is 8.50. The van der Waals surface area contributed by atoms with Crippen LogP contribution in [0.5, 0.6) is 0 Å². The molecule has 0 aliphatic heterocycles. The zero-order chi connectivity index (χ0) is 23.7. The molecule has 1 aliphatic carbocycles. The third-order valence-corrected chi connectivity index (χ3v) is 6.25. The maximum absolute atomic E-state index is 13.3. The average molecular weight is 455 g/mol. The molecule has 0 radical (unpaired) electrons. The number of aromatic nitrogens is 2. The number of hydrogen-bond donors (Lipinski definition) is 2. The number of carbonyl (C=O) groups excluding carboxylic acids is 2. The van der Waals surface area contributed by atoms with Crippen LogP contribution in [0.25, 0.3) is 22.4 Å². The molecule has 2 amide bonds. The van der Waals surface area contributed by atoms with E-state index in [1.807, 2.05) is 54.1 Å². The summed E-state index contributed by atoms with van der Waals surface area (Å²) in [5, 5.41) is 6.06. The molecule has 5 rings (SSSR count). The fourth-order valence-electron chi connectivity index (χ4n) is 4.69. The van der Waals surface area contributed by atoms with Crippen LogP contribution in [0.2, 0.25) is 0 Å². The molecule has 1 aliphatic rings. The van der Waals surface area contributed by atoms with Crippen molar-refractivity contribution >= 4 is 28.5 Å². The largest absolute Gasteiger partial charge is 0.375 e. The van der Waals surface area contributed by atoms with Crippen molar-refractivity contribution in [3.05, 3.63) is 83.4 Å². The summed E-state index contributed by atoms with van der Waals surface area (Å²) < 4.78 is 6.91. The highest BCUT2D eigenvalue weighted by Crippen LogP contribution is 2.33. The number of aryl methyl sites for hydroxylation is 2. The van der Waals surface area contributed by atoms with Gasteiger partial charge in [0.25, 0.3) is 5.91 Å². The number of hydrogen-bond acceptors (Lipinski definition) is 4. The van der Waals surface area contributed by atoms with Gasteiger partial charge in [0.1, 0.15) is 12.4 Å². The van der Waals surface area contributed by atoms with Crippen LogP contribution in [0.4, 0.5) is 5.69 Å². The van der Waals surface area contributed by atoms with Gasteiger partial charge in [0.05, 0.1) is 22.8 Å². The van der Waals surface area contributed by atoms with Crippen molar-refractivity contribution in [3.8, 4) is 11.4 Å². The minimum absolute atomic E-state index is 0.0328. The van der Waals surface area contributed by atoms with E-state index in [-0.39, 0.29) is 24.5 Å². The van der Waals surface area contributed by atoms with Crippen molar-refractivity contribution in [1.82, 2.24) is 14.9 Å². The monoisotopic (exact) mass is 454 g/mol. The van der Waals surface area contributed by atoms with E-state index in [1.165, 1.54) is 12.7 Å². The van der Waals surface area contributed by atoms with Crippen LogP contribution in [-0.4, -0.2) is 35.1 Å². The summed E-state index contributed by atoms with van der Waals surface area (Å²) in [6.07, 6.45) is 1.81. The van der Waals surface area contributed by atoms with Gasteiger partial charge in [-0.2, -0.15) is 0 Å². The second-order valence-electron chi connectivity index (χ2n) is 8.50. The summed E-state index contributed by atoms with van der Waals surface area (Å²) in [4.78, 5) is 30.5. The first-order valence-corrected chi connectivity index (χ1v) is 11.3. The van der Waals surface area contributed by atoms with Gasteiger partial charge in [0.2, 0.25) is 5.91 Å². The van der Waals surface area contributed by atoms with Gasteiger partial charge < -0.3 is 19.9 Å². The van der Waals surface area contributed by atoms with Gasteiger partial charge in [0, 0.05) is 25.3 Å². The number of imidazole rings is 1. The van der Waals surface area contributed by atoms with Gasteiger partial charge in [-0.3, -0.25) is 9.59 Å². The van der Waals surface area contributed by atoms with Gasteiger partial charge in [-0.25, -0.2) is 4.98 Å². The predicted molar refractivity (Wildman–Crippen MR) is 132 cm³/mol. The van der Waals surface area contributed by atoms with Crippen LogP contribution >= 0.6 is 0 Å². The molecule has 3 aromatic carbocycles. The van der Waals surface area contributed by atoms with Crippen molar-refractivity contribution < 1.29 is 14.3 Å². The average Bonchev–Trinajstić information content (AvgIpc) is 3.41. The SMILES string of the molecule is COCC(=O)Nc1cc(C(=O)NC2CCc3ccccc32)cc2nc(-c3ccccc3)n(C)c12. The molecular formula is C27H26N4O3. The number of nitrogens with zero attached hydrogens (tertiary/aromatic N) is 2. The number of rotatable bonds is 6. The minimum atomic E-state index is -0.298. The third kappa shape index (κ3) is 4.06. The van der Waals surface area contributed by atoms with E-state index in [9.17, 15) is 9.59 Å². The Kier molecular flexibility index (Phi) is 5.86. The van der Waals surface area contributed by atoms with Gasteiger partial charge in [-0.05, 0) is 36.1 Å². The van der Waals surface area contributed by atoms with Crippen LogP contribution in [0, 0.1) is 0 Å². The number of fused-ring (bicyclic) bond motifs is 2. The molecule has 34 heavy (non-hydrogen) atoms. The van der Waals surface area contributed by atoms with Crippen LogP contribution in [0.15, 0.2) is 66.7 Å². The van der Waals surface area contributed by atoms with Gasteiger partial charge in [0.15, 0.2) is 0 Å². The molecule has 172 valence electrons. The van der Waals surface area contributed by atoms with Crippen molar-refractivity contribution in [2.45, 2.75) is 18.9 Å². The Morgan fingerprint density at radius 2 is 1.85 bits per heavy atom. The lowest BCUT2D eigenvalue weighted by atomic mass is 10.1. The third-order valence-electron chi connectivity index (χ3n) is 6.25. The highest BCUT2D eigenvalue weighted by Gasteiger charge is 2.25. The number of amides is 2. The first-order valence-electron chi connectivity index (χ1n) is 11.3. The number of nitrogens with one attached hydrogen (secondary N) is 2. The normalized spacial score (nSPS) is 14.7. The number of benzene rings is 3. The van der Waals surface area contributed by atoms with Crippen LogP contribution in [-0.2, 0) is 23.0 Å². The summed E-state index contributed by atoms with van der Waals surface area (Å²) in [6.45, 7) is -0.0832. The Bertz CT molecular complexity index is 1380. The summed E-state index contributed by atoms with van der Waals surface area (Å²) in [7, 11) is 3.37. The molecule has 1 heterocycles. The molecular weight excluding hydrogens is 428 g/mol. The van der Waals surface area contributed by atoms with Crippen molar-refractivity contribution in [1.29, 1.82) is 0 Å². The Morgan fingerprint density at radius 3 is 2.65 bits per heavy atom. The smallest absolute Gasteiger partial charge is 0.251 e. The van der Waals surface area contributed by atoms with Crippen LogP contribution < -0.4 is 10.6 Å². The molecule has 1 unspecified atom stereocenters. The lowest BCUT2D eigenvalue weighted by molar-refractivity contribution is -0.119. The number of anilines is 1. The number of carbonyl (C=O) groups is 2. The molecule has 2 N–H and O–H groups in total. The Labute approximate surface area is 197 Å². The van der Waals surface area contributed by atoms with E-state index >= 15 is 0 Å². The predicted octanol–water partition coefficient (Wildman–Crippen LogP) is 4.24. The standard InChI is InChI=1S/C27H26N4O3/c1-31-25-22(28-24(32)16-34-2)14-19(15-23(25)29-26(31)18-9-4-3-5-10-18)27(33)30-21-13-12-17-8-6-7-11-20(17)21/h3-11,14-15,21H,12-13,16H2,1-2H3,(H,28,32)(H,30,33). The molecule has 1 aromatic heterocycles. The molecule has 0 saturated heterocycles. The highest BCUT2D eigenvalue weighted by molar-refractivity contribution is 6.06. The molecule has 0 bridgehead atoms. The summed E-state index contributed by atoms with van der Waals surface area (Å²) in [5.74, 6) is 0.256. The molecule has 0 fully saturated rings. The quantitative estimate of drug-likeness (QED) is 0.456. The fraction of sp³-hybridized carbons (Fsp3) is 0.222. The maximum atomic E-state index is 13.3. The first-order chi connectivity index (χ1) is 16.5. The van der Waals surface area contributed by atoms with Gasteiger partial charge in [-0.15, -0.1) is 0 Å². The first kappa shape index (κ1) is 21.9. The summed E-state index contributed by atoms with van der Waals surface area (Å²) in [6, 6.07) is 21.5. The summed E-state index contributed by atoms with van der Waals surface area (Å²) in [5.41, 5.74) is 5.72. The topological polar surface area (TPSA) is 85.2 Å². The maximum Gasteiger partial charge on any atom is 0.251 e. The lowest BCUT2D eigenvalue weighted by Crippen LogP contribution is -2.27. The highest BCUT2D eigenvalue weighted by atomic mass is 16.5. The van der Waals surface area contributed by atoms with Crippen LogP contribution in [0.1, 0.15) is 33.9 Å². The minimum Gasteiger partial charge on any atom is -0.375 e.